The Labute approximate surface area is 106 Å². The molecule has 4 heteroatoms. The summed E-state index contributed by atoms with van der Waals surface area (Å²) >= 11 is 0. The molecule has 0 saturated heterocycles. The van der Waals surface area contributed by atoms with Crippen LogP contribution in [0, 0.1) is 13.8 Å². The Morgan fingerprint density at radius 3 is 2.67 bits per heavy atom. The molecular formula is C14H16N2O2. The quantitative estimate of drug-likeness (QED) is 0.900. The summed E-state index contributed by atoms with van der Waals surface area (Å²) < 4.78 is 5.15. The van der Waals surface area contributed by atoms with Gasteiger partial charge in [-0.15, -0.1) is 0 Å². The van der Waals surface area contributed by atoms with Crippen LogP contribution in [-0.2, 0) is 11.3 Å². The molecule has 0 spiro atoms. The minimum atomic E-state index is -0.0929. The summed E-state index contributed by atoms with van der Waals surface area (Å²) in [6.45, 7) is 4.10. The molecule has 0 aliphatic carbocycles. The van der Waals surface area contributed by atoms with E-state index in [0.717, 1.165) is 16.8 Å². The minimum Gasteiger partial charge on any atom is -0.380 e. The molecule has 94 valence electrons. The number of ether oxygens (including phenoxy) is 1. The highest BCUT2D eigenvalue weighted by Crippen LogP contribution is 2.20. The smallest absolute Gasteiger partial charge is 0.254 e. The van der Waals surface area contributed by atoms with Crippen LogP contribution < -0.4 is 5.56 Å². The van der Waals surface area contributed by atoms with Crippen molar-refractivity contribution in [2.24, 2.45) is 0 Å². The molecule has 1 aromatic heterocycles. The topological polar surface area (TPSA) is 55.0 Å². The number of H-pyrrole nitrogens is 1. The van der Waals surface area contributed by atoms with Gasteiger partial charge in [0.25, 0.3) is 5.56 Å². The molecule has 1 N–H and O–H groups in total. The Balaban J connectivity index is 2.59. The van der Waals surface area contributed by atoms with Gasteiger partial charge in [-0.05, 0) is 19.4 Å². The van der Waals surface area contributed by atoms with E-state index in [0.29, 0.717) is 18.0 Å². The zero-order chi connectivity index (χ0) is 13.1. The number of nitrogens with zero attached hydrogens (tertiary/aromatic N) is 1. The largest absolute Gasteiger partial charge is 0.380 e. The van der Waals surface area contributed by atoms with Crippen LogP contribution in [0.1, 0.15) is 16.8 Å². The Kier molecular flexibility index (Phi) is 3.58. The van der Waals surface area contributed by atoms with E-state index in [4.69, 9.17) is 4.74 Å². The Hall–Kier alpha value is -1.94. The number of hydrogen-bond donors (Lipinski definition) is 1. The normalized spacial score (nSPS) is 10.6. The highest BCUT2D eigenvalue weighted by atomic mass is 16.5. The molecule has 18 heavy (non-hydrogen) atoms. The van der Waals surface area contributed by atoms with Crippen molar-refractivity contribution in [1.29, 1.82) is 0 Å². The first kappa shape index (κ1) is 12.5. The highest BCUT2D eigenvalue weighted by molar-refractivity contribution is 5.60. The summed E-state index contributed by atoms with van der Waals surface area (Å²) in [5, 5.41) is 0. The van der Waals surface area contributed by atoms with E-state index in [1.165, 1.54) is 0 Å². The zero-order valence-electron chi connectivity index (χ0n) is 10.8. The molecule has 0 fully saturated rings. The molecule has 0 saturated carbocycles. The summed E-state index contributed by atoms with van der Waals surface area (Å²) in [6, 6.07) is 7.76. The lowest BCUT2D eigenvalue weighted by Crippen LogP contribution is -2.14. The van der Waals surface area contributed by atoms with Crippen LogP contribution in [0.5, 0.6) is 0 Å². The fraction of sp³-hybridized carbons (Fsp3) is 0.286. The van der Waals surface area contributed by atoms with Crippen molar-refractivity contribution < 1.29 is 4.74 Å². The molecule has 0 aliphatic rings. The third-order valence-corrected chi connectivity index (χ3v) is 2.97. The van der Waals surface area contributed by atoms with Crippen molar-refractivity contribution in [3.8, 4) is 11.4 Å². The van der Waals surface area contributed by atoms with Gasteiger partial charge in [0.15, 0.2) is 0 Å². The number of nitrogens with one attached hydrogen (secondary N) is 1. The lowest BCUT2D eigenvalue weighted by atomic mass is 10.1. The molecule has 0 atom stereocenters. The first-order valence-corrected chi connectivity index (χ1v) is 5.78. The number of benzene rings is 1. The monoisotopic (exact) mass is 244 g/mol. The van der Waals surface area contributed by atoms with Crippen molar-refractivity contribution in [3.05, 3.63) is 51.4 Å². The number of aryl methyl sites for hydroxylation is 1. The van der Waals surface area contributed by atoms with E-state index in [-0.39, 0.29) is 5.56 Å². The molecule has 0 unspecified atom stereocenters. The average molecular weight is 244 g/mol. The minimum absolute atomic E-state index is 0.0929. The fourth-order valence-corrected chi connectivity index (χ4v) is 1.81. The maximum absolute atomic E-state index is 11.8. The van der Waals surface area contributed by atoms with Gasteiger partial charge in [0.1, 0.15) is 5.82 Å². The van der Waals surface area contributed by atoms with E-state index in [2.05, 4.69) is 9.97 Å². The number of rotatable bonds is 3. The van der Waals surface area contributed by atoms with Crippen LogP contribution >= 0.6 is 0 Å². The van der Waals surface area contributed by atoms with Crippen LogP contribution in [0.4, 0.5) is 0 Å². The summed E-state index contributed by atoms with van der Waals surface area (Å²) in [5.74, 6) is 0.593. The summed E-state index contributed by atoms with van der Waals surface area (Å²) in [7, 11) is 1.65. The molecule has 0 aliphatic heterocycles. The summed E-state index contributed by atoms with van der Waals surface area (Å²) in [5.41, 5.74) is 3.22. The van der Waals surface area contributed by atoms with E-state index in [1.807, 2.05) is 31.2 Å². The molecular weight excluding hydrogens is 228 g/mol. The van der Waals surface area contributed by atoms with E-state index in [1.54, 1.807) is 14.0 Å². The van der Waals surface area contributed by atoms with Crippen molar-refractivity contribution >= 4 is 0 Å². The molecule has 2 rings (SSSR count). The zero-order valence-corrected chi connectivity index (χ0v) is 10.8. The predicted molar refractivity (Wildman–Crippen MR) is 70.5 cm³/mol. The lowest BCUT2D eigenvalue weighted by Gasteiger charge is -2.09. The van der Waals surface area contributed by atoms with Gasteiger partial charge in [-0.1, -0.05) is 24.3 Å². The lowest BCUT2D eigenvalue weighted by molar-refractivity contribution is 0.185. The van der Waals surface area contributed by atoms with E-state index in [9.17, 15) is 4.79 Å². The first-order valence-electron chi connectivity index (χ1n) is 5.78. The molecule has 0 amide bonds. The van der Waals surface area contributed by atoms with Gasteiger partial charge in [-0.2, -0.15) is 0 Å². The maximum Gasteiger partial charge on any atom is 0.254 e. The average Bonchev–Trinajstić information content (AvgIpc) is 2.36. The van der Waals surface area contributed by atoms with Crippen LogP contribution in [0.3, 0.4) is 0 Å². The number of methoxy groups -OCH3 is 1. The van der Waals surface area contributed by atoms with Crippen LogP contribution in [0.2, 0.25) is 0 Å². The molecule has 4 nitrogen and oxygen atoms in total. The molecule has 0 radical (unpaired) electrons. The standard InChI is InChI=1S/C14H16N2O2/c1-9-10(2)15-13(16-14(9)17)12-7-5-4-6-11(12)8-18-3/h4-7H,8H2,1-3H3,(H,15,16,17). The van der Waals surface area contributed by atoms with Crippen LogP contribution in [0.15, 0.2) is 29.1 Å². The summed E-state index contributed by atoms with van der Waals surface area (Å²) in [4.78, 5) is 19.0. The van der Waals surface area contributed by atoms with Crippen molar-refractivity contribution in [2.75, 3.05) is 7.11 Å². The Morgan fingerprint density at radius 2 is 2.00 bits per heavy atom. The first-order chi connectivity index (χ1) is 8.63. The van der Waals surface area contributed by atoms with Gasteiger partial charge in [-0.25, -0.2) is 4.98 Å². The predicted octanol–water partition coefficient (Wildman–Crippen LogP) is 2.20. The SMILES string of the molecule is COCc1ccccc1-c1nc(C)c(C)c(=O)[nH]1. The van der Waals surface area contributed by atoms with Crippen LogP contribution in [-0.4, -0.2) is 17.1 Å². The molecule has 1 heterocycles. The third kappa shape index (κ3) is 2.33. The number of aromatic nitrogens is 2. The second-order valence-corrected chi connectivity index (χ2v) is 4.22. The van der Waals surface area contributed by atoms with Gasteiger partial charge in [0.05, 0.1) is 6.61 Å². The molecule has 2 aromatic rings. The molecule has 1 aromatic carbocycles. The number of hydrogen-bond acceptors (Lipinski definition) is 3. The van der Waals surface area contributed by atoms with Gasteiger partial charge < -0.3 is 9.72 Å². The van der Waals surface area contributed by atoms with Gasteiger partial charge >= 0.3 is 0 Å². The molecule has 0 bridgehead atoms. The van der Waals surface area contributed by atoms with Gasteiger partial charge in [0, 0.05) is 23.9 Å². The van der Waals surface area contributed by atoms with E-state index < -0.39 is 0 Å². The second kappa shape index (κ2) is 5.14. The number of aromatic amines is 1. The second-order valence-electron chi connectivity index (χ2n) is 4.22. The maximum atomic E-state index is 11.8. The Bertz CT molecular complexity index is 617. The summed E-state index contributed by atoms with van der Waals surface area (Å²) in [6.07, 6.45) is 0. The van der Waals surface area contributed by atoms with Crippen molar-refractivity contribution in [3.63, 3.8) is 0 Å². The van der Waals surface area contributed by atoms with Crippen molar-refractivity contribution in [1.82, 2.24) is 9.97 Å². The van der Waals surface area contributed by atoms with Crippen molar-refractivity contribution in [2.45, 2.75) is 20.5 Å². The van der Waals surface area contributed by atoms with Crippen LogP contribution in [0.25, 0.3) is 11.4 Å². The van der Waals surface area contributed by atoms with Gasteiger partial charge in [0.2, 0.25) is 0 Å². The van der Waals surface area contributed by atoms with Gasteiger partial charge in [-0.3, -0.25) is 4.79 Å². The van der Waals surface area contributed by atoms with E-state index >= 15 is 0 Å². The Morgan fingerprint density at radius 1 is 1.28 bits per heavy atom. The fourth-order valence-electron chi connectivity index (χ4n) is 1.81. The highest BCUT2D eigenvalue weighted by Gasteiger charge is 2.09. The third-order valence-electron chi connectivity index (χ3n) is 2.97.